The zero-order chi connectivity index (χ0) is 21.0. The highest BCUT2D eigenvalue weighted by atomic mass is 35.5. The molecule has 6 nitrogen and oxygen atoms in total. The van der Waals surface area contributed by atoms with E-state index in [9.17, 15) is 17.6 Å². The lowest BCUT2D eigenvalue weighted by molar-refractivity contribution is -0.119. The maximum Gasteiger partial charge on any atom is 0.260 e. The van der Waals surface area contributed by atoms with Gasteiger partial charge in [-0.3, -0.25) is 9.10 Å². The van der Waals surface area contributed by atoms with E-state index in [4.69, 9.17) is 11.6 Å². The third-order valence-electron chi connectivity index (χ3n) is 4.11. The maximum absolute atomic E-state index is 13.7. The molecular weight excluding hydrogens is 417 g/mol. The molecular formula is C20H17ClFN3O3S. The predicted molar refractivity (Wildman–Crippen MR) is 113 cm³/mol. The molecule has 3 aromatic rings. The highest BCUT2D eigenvalue weighted by Gasteiger charge is 2.22. The fraction of sp³-hybridized carbons (Fsp3) is 0.100. The van der Waals surface area contributed by atoms with E-state index in [0.717, 1.165) is 22.2 Å². The van der Waals surface area contributed by atoms with Crippen LogP contribution in [0.4, 0.5) is 10.1 Å². The summed E-state index contributed by atoms with van der Waals surface area (Å²) in [7, 11) is -3.76. The first-order valence-corrected chi connectivity index (χ1v) is 10.7. The lowest BCUT2D eigenvalue weighted by Crippen LogP contribution is -2.39. The summed E-state index contributed by atoms with van der Waals surface area (Å²) < 4.78 is 39.4. The molecule has 0 saturated carbocycles. The van der Waals surface area contributed by atoms with Crippen molar-refractivity contribution in [2.24, 2.45) is 5.10 Å². The summed E-state index contributed by atoms with van der Waals surface area (Å²) >= 11 is 5.89. The molecule has 0 spiro atoms. The monoisotopic (exact) mass is 433 g/mol. The standard InChI is InChI=1S/C20H17ClFN3O3S/c1-29(27,28)25(19-11-4-7-14-6-2-3-8-15(14)19)13-20(26)24-23-12-16-17(21)9-5-10-18(16)22/h2-12H,13H2,1H3,(H,24,26). The fourth-order valence-corrected chi connectivity index (χ4v) is 3.86. The van der Waals surface area contributed by atoms with Gasteiger partial charge in [-0.25, -0.2) is 18.2 Å². The van der Waals surface area contributed by atoms with Crippen LogP contribution in [0, 0.1) is 5.82 Å². The van der Waals surface area contributed by atoms with Crippen molar-refractivity contribution in [2.45, 2.75) is 0 Å². The van der Waals surface area contributed by atoms with Gasteiger partial charge in [0.1, 0.15) is 12.4 Å². The van der Waals surface area contributed by atoms with Crippen LogP contribution in [-0.4, -0.2) is 33.3 Å². The van der Waals surface area contributed by atoms with Crippen molar-refractivity contribution >= 4 is 50.2 Å². The van der Waals surface area contributed by atoms with Crippen molar-refractivity contribution in [1.29, 1.82) is 0 Å². The number of carbonyl (C=O) groups excluding carboxylic acids is 1. The van der Waals surface area contributed by atoms with Gasteiger partial charge < -0.3 is 0 Å². The van der Waals surface area contributed by atoms with Crippen molar-refractivity contribution < 1.29 is 17.6 Å². The molecule has 1 amide bonds. The number of sulfonamides is 1. The summed E-state index contributed by atoms with van der Waals surface area (Å²) in [6, 6.07) is 16.6. The van der Waals surface area contributed by atoms with Gasteiger partial charge >= 0.3 is 0 Å². The SMILES string of the molecule is CS(=O)(=O)N(CC(=O)NN=Cc1c(F)cccc1Cl)c1cccc2ccccc12. The lowest BCUT2D eigenvalue weighted by atomic mass is 10.1. The van der Waals surface area contributed by atoms with Gasteiger partial charge in [0.2, 0.25) is 10.0 Å². The normalized spacial score (nSPS) is 11.7. The zero-order valence-electron chi connectivity index (χ0n) is 15.3. The molecule has 29 heavy (non-hydrogen) atoms. The van der Waals surface area contributed by atoms with Crippen LogP contribution in [0.25, 0.3) is 10.8 Å². The van der Waals surface area contributed by atoms with Gasteiger partial charge in [0.25, 0.3) is 5.91 Å². The molecule has 3 rings (SSSR count). The quantitative estimate of drug-likeness (QED) is 0.477. The van der Waals surface area contributed by atoms with Gasteiger partial charge in [-0.2, -0.15) is 5.10 Å². The Hall–Kier alpha value is -2.97. The van der Waals surface area contributed by atoms with E-state index in [1.807, 2.05) is 18.2 Å². The highest BCUT2D eigenvalue weighted by molar-refractivity contribution is 7.92. The number of rotatable bonds is 6. The second-order valence-electron chi connectivity index (χ2n) is 6.20. The van der Waals surface area contributed by atoms with Crippen LogP contribution in [-0.2, 0) is 14.8 Å². The van der Waals surface area contributed by atoms with Crippen LogP contribution in [0.3, 0.4) is 0 Å². The van der Waals surface area contributed by atoms with Crippen molar-refractivity contribution in [3.8, 4) is 0 Å². The second-order valence-corrected chi connectivity index (χ2v) is 8.51. The number of nitrogens with one attached hydrogen (secondary N) is 1. The molecule has 0 atom stereocenters. The average Bonchev–Trinajstić information content (AvgIpc) is 2.67. The van der Waals surface area contributed by atoms with E-state index >= 15 is 0 Å². The van der Waals surface area contributed by atoms with E-state index in [0.29, 0.717) is 11.1 Å². The van der Waals surface area contributed by atoms with Crippen molar-refractivity contribution in [2.75, 3.05) is 17.1 Å². The first kappa shape index (κ1) is 20.8. The fourth-order valence-electron chi connectivity index (χ4n) is 2.78. The molecule has 9 heteroatoms. The number of amides is 1. The summed E-state index contributed by atoms with van der Waals surface area (Å²) in [5.74, 6) is -1.28. The van der Waals surface area contributed by atoms with Gasteiger partial charge in [-0.1, -0.05) is 54.1 Å². The first-order valence-electron chi connectivity index (χ1n) is 8.49. The Labute approximate surface area is 172 Å². The molecule has 3 aromatic carbocycles. The van der Waals surface area contributed by atoms with Crippen molar-refractivity contribution in [1.82, 2.24) is 5.43 Å². The minimum absolute atomic E-state index is 0.0171. The van der Waals surface area contributed by atoms with E-state index in [-0.39, 0.29) is 10.6 Å². The van der Waals surface area contributed by atoms with Crippen LogP contribution in [0.15, 0.2) is 65.8 Å². The molecule has 0 unspecified atom stereocenters. The Morgan fingerprint density at radius 2 is 1.83 bits per heavy atom. The second kappa shape index (κ2) is 8.59. The summed E-state index contributed by atoms with van der Waals surface area (Å²) in [5, 5.41) is 5.35. The van der Waals surface area contributed by atoms with Crippen molar-refractivity contribution in [3.05, 3.63) is 77.1 Å². The Morgan fingerprint density at radius 3 is 2.55 bits per heavy atom. The van der Waals surface area contributed by atoms with Crippen LogP contribution >= 0.6 is 11.6 Å². The number of anilines is 1. The summed E-state index contributed by atoms with van der Waals surface area (Å²) in [4.78, 5) is 12.3. The van der Waals surface area contributed by atoms with Gasteiger partial charge in [-0.05, 0) is 23.6 Å². The minimum Gasteiger partial charge on any atom is -0.271 e. The number of hydrogen-bond acceptors (Lipinski definition) is 4. The van der Waals surface area contributed by atoms with Crippen LogP contribution in [0.1, 0.15) is 5.56 Å². The Morgan fingerprint density at radius 1 is 1.14 bits per heavy atom. The van der Waals surface area contributed by atoms with Gasteiger partial charge in [0.05, 0.1) is 23.2 Å². The summed E-state index contributed by atoms with van der Waals surface area (Å²) in [6.45, 7) is -0.491. The Balaban J connectivity index is 1.83. The molecule has 0 bridgehead atoms. The minimum atomic E-state index is -3.76. The molecule has 0 saturated heterocycles. The number of fused-ring (bicyclic) bond motifs is 1. The zero-order valence-corrected chi connectivity index (χ0v) is 16.9. The molecule has 0 fully saturated rings. The molecule has 1 N–H and O–H groups in total. The molecule has 0 radical (unpaired) electrons. The topological polar surface area (TPSA) is 78.8 Å². The smallest absolute Gasteiger partial charge is 0.260 e. The third-order valence-corrected chi connectivity index (χ3v) is 5.56. The predicted octanol–water partition coefficient (Wildman–Crippen LogP) is 3.55. The third kappa shape index (κ3) is 4.90. The largest absolute Gasteiger partial charge is 0.271 e. The number of hydrogen-bond donors (Lipinski definition) is 1. The number of halogens is 2. The molecule has 0 heterocycles. The maximum atomic E-state index is 13.7. The van der Waals surface area contributed by atoms with E-state index < -0.39 is 28.3 Å². The summed E-state index contributed by atoms with van der Waals surface area (Å²) in [5.41, 5.74) is 2.60. The number of carbonyl (C=O) groups is 1. The van der Waals surface area contributed by atoms with Crippen LogP contribution < -0.4 is 9.73 Å². The average molecular weight is 434 g/mol. The van der Waals surface area contributed by atoms with Crippen molar-refractivity contribution in [3.63, 3.8) is 0 Å². The first-order chi connectivity index (χ1) is 13.8. The van der Waals surface area contributed by atoms with Gasteiger partial charge in [-0.15, -0.1) is 0 Å². The van der Waals surface area contributed by atoms with E-state index in [2.05, 4.69) is 10.5 Å². The van der Waals surface area contributed by atoms with Crippen LogP contribution in [0.2, 0.25) is 5.02 Å². The lowest BCUT2D eigenvalue weighted by Gasteiger charge is -2.23. The Bertz CT molecular complexity index is 1170. The van der Waals surface area contributed by atoms with E-state index in [1.165, 1.54) is 18.2 Å². The van der Waals surface area contributed by atoms with Gasteiger partial charge in [0.15, 0.2) is 0 Å². The highest BCUT2D eigenvalue weighted by Crippen LogP contribution is 2.28. The molecule has 0 aromatic heterocycles. The molecule has 0 aliphatic heterocycles. The van der Waals surface area contributed by atoms with E-state index in [1.54, 1.807) is 24.3 Å². The summed E-state index contributed by atoms with van der Waals surface area (Å²) in [6.07, 6.45) is 2.09. The number of hydrazone groups is 1. The van der Waals surface area contributed by atoms with Crippen LogP contribution in [0.5, 0.6) is 0 Å². The van der Waals surface area contributed by atoms with Gasteiger partial charge in [0, 0.05) is 10.9 Å². The molecule has 0 aliphatic rings. The molecule has 150 valence electrons. The number of benzene rings is 3. The Kier molecular flexibility index (Phi) is 6.14. The number of nitrogens with zero attached hydrogens (tertiary/aromatic N) is 2. The molecule has 0 aliphatic carbocycles.